The van der Waals surface area contributed by atoms with E-state index in [2.05, 4.69) is 26.2 Å². The third-order valence-electron chi connectivity index (χ3n) is 1.90. The maximum absolute atomic E-state index is 5.19. The zero-order valence-electron chi connectivity index (χ0n) is 7.12. The molecule has 68 valence electrons. The summed E-state index contributed by atoms with van der Waals surface area (Å²) in [7, 11) is 1.89. The van der Waals surface area contributed by atoms with Gasteiger partial charge >= 0.3 is 0 Å². The molecule has 4 heteroatoms. The lowest BCUT2D eigenvalue weighted by molar-refractivity contribution is 0.601. The number of alkyl halides is 1. The van der Waals surface area contributed by atoms with E-state index in [4.69, 9.17) is 4.42 Å². The Labute approximate surface area is 84.3 Å². The largest absolute Gasteiger partial charge is 0.443 e. The number of hydrogen-bond donors (Lipinski definition) is 1. The number of halogens is 1. The molecule has 3 nitrogen and oxygen atoms in total. The van der Waals surface area contributed by atoms with Gasteiger partial charge < -0.3 is 9.73 Å². The fourth-order valence-corrected chi connectivity index (χ4v) is 1.48. The van der Waals surface area contributed by atoms with E-state index in [1.165, 1.54) is 6.39 Å². The second-order valence-electron chi connectivity index (χ2n) is 2.73. The molecule has 0 fully saturated rings. The number of nitrogens with one attached hydrogen (secondary N) is 1. The lowest BCUT2D eigenvalue weighted by Gasteiger charge is -2.07. The van der Waals surface area contributed by atoms with Crippen LogP contribution in [0.1, 0.15) is 10.5 Å². The Hall–Kier alpha value is -0.870. The number of oxazole rings is 1. The van der Waals surface area contributed by atoms with Gasteiger partial charge in [0.2, 0.25) is 0 Å². The molecule has 13 heavy (non-hydrogen) atoms. The molecular formula is C9H9BrN2O. The summed E-state index contributed by atoms with van der Waals surface area (Å²) >= 11 is 3.49. The fraction of sp³-hybridized carbons (Fsp3) is 0.222. The average Bonchev–Trinajstić information content (AvgIpc) is 2.63. The van der Waals surface area contributed by atoms with Gasteiger partial charge in [0.1, 0.15) is 5.52 Å². The topological polar surface area (TPSA) is 38.1 Å². The van der Waals surface area contributed by atoms with Crippen LogP contribution in [0.4, 0.5) is 0 Å². The predicted molar refractivity (Wildman–Crippen MR) is 54.7 cm³/mol. The van der Waals surface area contributed by atoms with Crippen LogP contribution in [0, 0.1) is 0 Å². The molecule has 2 aromatic rings. The summed E-state index contributed by atoms with van der Waals surface area (Å²) in [5.74, 6) is 0. The SMILES string of the molecule is CNC(Br)c1ccc2ncoc2c1. The van der Waals surface area contributed by atoms with Crippen LogP contribution in [0.15, 0.2) is 29.0 Å². The van der Waals surface area contributed by atoms with Gasteiger partial charge in [-0.3, -0.25) is 0 Å². The van der Waals surface area contributed by atoms with Crippen LogP contribution in [0.25, 0.3) is 11.1 Å². The molecule has 0 bridgehead atoms. The Morgan fingerprint density at radius 2 is 2.38 bits per heavy atom. The molecule has 0 aliphatic carbocycles. The van der Waals surface area contributed by atoms with Crippen molar-refractivity contribution in [3.8, 4) is 0 Å². The molecular weight excluding hydrogens is 232 g/mol. The van der Waals surface area contributed by atoms with Crippen molar-refractivity contribution in [3.63, 3.8) is 0 Å². The summed E-state index contributed by atoms with van der Waals surface area (Å²) in [6.45, 7) is 0. The van der Waals surface area contributed by atoms with Gasteiger partial charge in [0.15, 0.2) is 12.0 Å². The van der Waals surface area contributed by atoms with E-state index in [1.54, 1.807) is 0 Å². The van der Waals surface area contributed by atoms with E-state index < -0.39 is 0 Å². The number of aromatic nitrogens is 1. The van der Waals surface area contributed by atoms with Crippen LogP contribution in [0.2, 0.25) is 0 Å². The van der Waals surface area contributed by atoms with E-state index in [0.717, 1.165) is 16.7 Å². The molecule has 0 saturated carbocycles. The van der Waals surface area contributed by atoms with Crippen molar-refractivity contribution in [3.05, 3.63) is 30.2 Å². The van der Waals surface area contributed by atoms with Gasteiger partial charge in [0.25, 0.3) is 0 Å². The monoisotopic (exact) mass is 240 g/mol. The van der Waals surface area contributed by atoms with Crippen LogP contribution in [0.5, 0.6) is 0 Å². The van der Waals surface area contributed by atoms with Gasteiger partial charge in [-0.2, -0.15) is 0 Å². The van der Waals surface area contributed by atoms with Crippen LogP contribution in [-0.4, -0.2) is 12.0 Å². The fourth-order valence-electron chi connectivity index (χ4n) is 1.20. The molecule has 0 aliphatic rings. The number of benzene rings is 1. The third kappa shape index (κ3) is 1.59. The van der Waals surface area contributed by atoms with Gasteiger partial charge in [-0.15, -0.1) is 0 Å². The molecule has 0 amide bonds. The van der Waals surface area contributed by atoms with Gasteiger partial charge in [-0.1, -0.05) is 22.0 Å². The standard InChI is InChI=1S/C9H9BrN2O/c1-11-9(10)6-2-3-7-8(4-6)13-5-12-7/h2-5,9,11H,1H3. The zero-order valence-corrected chi connectivity index (χ0v) is 8.71. The van der Waals surface area contributed by atoms with Crippen molar-refractivity contribution in [2.45, 2.75) is 4.95 Å². The van der Waals surface area contributed by atoms with E-state index in [0.29, 0.717) is 0 Å². The molecule has 0 spiro atoms. The molecule has 1 aromatic heterocycles. The molecule has 0 aliphatic heterocycles. The van der Waals surface area contributed by atoms with Gasteiger partial charge in [0.05, 0.1) is 4.95 Å². The molecule has 0 radical (unpaired) electrons. The Morgan fingerprint density at radius 1 is 1.54 bits per heavy atom. The van der Waals surface area contributed by atoms with Crippen LogP contribution < -0.4 is 5.32 Å². The highest BCUT2D eigenvalue weighted by molar-refractivity contribution is 9.09. The first-order chi connectivity index (χ1) is 6.31. The minimum atomic E-state index is 0.155. The van der Waals surface area contributed by atoms with E-state index in [1.807, 2.05) is 25.2 Å². The highest BCUT2D eigenvalue weighted by Gasteiger charge is 2.06. The molecule has 1 aromatic carbocycles. The first-order valence-electron chi connectivity index (χ1n) is 3.96. The normalized spacial score (nSPS) is 13.4. The second kappa shape index (κ2) is 3.47. The van der Waals surface area contributed by atoms with Crippen LogP contribution in [0.3, 0.4) is 0 Å². The maximum Gasteiger partial charge on any atom is 0.181 e. The minimum absolute atomic E-state index is 0.155. The Balaban J connectivity index is 2.48. The summed E-state index contributed by atoms with van der Waals surface area (Å²) in [5.41, 5.74) is 2.84. The van der Waals surface area contributed by atoms with Crippen LogP contribution in [-0.2, 0) is 0 Å². The van der Waals surface area contributed by atoms with Gasteiger partial charge in [0, 0.05) is 0 Å². The van der Waals surface area contributed by atoms with Gasteiger partial charge in [-0.25, -0.2) is 4.98 Å². The number of hydrogen-bond acceptors (Lipinski definition) is 3. The van der Waals surface area contributed by atoms with E-state index in [-0.39, 0.29) is 4.95 Å². The summed E-state index contributed by atoms with van der Waals surface area (Å²) < 4.78 is 5.19. The first kappa shape index (κ1) is 8.72. The summed E-state index contributed by atoms with van der Waals surface area (Å²) in [4.78, 5) is 4.20. The summed E-state index contributed by atoms with van der Waals surface area (Å²) in [5, 5.41) is 3.09. The Kier molecular flexibility index (Phi) is 2.33. The quantitative estimate of drug-likeness (QED) is 0.648. The Morgan fingerprint density at radius 3 is 3.15 bits per heavy atom. The minimum Gasteiger partial charge on any atom is -0.443 e. The van der Waals surface area contributed by atoms with Crippen molar-refractivity contribution < 1.29 is 4.42 Å². The van der Waals surface area contributed by atoms with Gasteiger partial charge in [-0.05, 0) is 24.7 Å². The van der Waals surface area contributed by atoms with E-state index in [9.17, 15) is 0 Å². The molecule has 0 saturated heterocycles. The number of nitrogens with zero attached hydrogens (tertiary/aromatic N) is 1. The zero-order chi connectivity index (χ0) is 9.26. The lowest BCUT2D eigenvalue weighted by atomic mass is 10.2. The second-order valence-corrected chi connectivity index (χ2v) is 3.65. The average molecular weight is 241 g/mol. The van der Waals surface area contributed by atoms with Crippen molar-refractivity contribution in [2.75, 3.05) is 7.05 Å². The van der Waals surface area contributed by atoms with Crippen LogP contribution >= 0.6 is 15.9 Å². The number of rotatable bonds is 2. The van der Waals surface area contributed by atoms with Crippen molar-refractivity contribution in [2.24, 2.45) is 0 Å². The summed E-state index contributed by atoms with van der Waals surface area (Å²) in [6, 6.07) is 5.93. The lowest BCUT2D eigenvalue weighted by Crippen LogP contribution is -2.08. The smallest absolute Gasteiger partial charge is 0.181 e. The highest BCUT2D eigenvalue weighted by atomic mass is 79.9. The molecule has 2 rings (SSSR count). The summed E-state index contributed by atoms with van der Waals surface area (Å²) in [6.07, 6.45) is 1.46. The predicted octanol–water partition coefficient (Wildman–Crippen LogP) is 2.44. The molecule has 1 N–H and O–H groups in total. The molecule has 1 heterocycles. The highest BCUT2D eigenvalue weighted by Crippen LogP contribution is 2.22. The Bertz CT molecular complexity index is 413. The van der Waals surface area contributed by atoms with E-state index >= 15 is 0 Å². The number of fused-ring (bicyclic) bond motifs is 1. The maximum atomic E-state index is 5.19. The van der Waals surface area contributed by atoms with Crippen molar-refractivity contribution >= 4 is 27.0 Å². The first-order valence-corrected chi connectivity index (χ1v) is 4.87. The molecule has 1 unspecified atom stereocenters. The third-order valence-corrected chi connectivity index (χ3v) is 2.89. The van der Waals surface area contributed by atoms with Crippen molar-refractivity contribution in [1.82, 2.24) is 10.3 Å². The molecule has 1 atom stereocenters. The van der Waals surface area contributed by atoms with Crippen molar-refractivity contribution in [1.29, 1.82) is 0 Å².